The molecule has 0 heterocycles. The van der Waals surface area contributed by atoms with Crippen molar-refractivity contribution in [2.24, 2.45) is 0 Å². The van der Waals surface area contributed by atoms with Crippen LogP contribution >= 0.6 is 0 Å². The molecule has 0 saturated heterocycles. The quantitative estimate of drug-likeness (QED) is 0.717. The van der Waals surface area contributed by atoms with Gasteiger partial charge in [0, 0.05) is 11.0 Å². The van der Waals surface area contributed by atoms with Gasteiger partial charge in [0.2, 0.25) is 0 Å². The first kappa shape index (κ1) is 9.09. The van der Waals surface area contributed by atoms with Crippen molar-refractivity contribution in [1.29, 1.82) is 0 Å². The summed E-state index contributed by atoms with van der Waals surface area (Å²) in [6.45, 7) is 0. The average Bonchev–Trinajstić information content (AvgIpc) is 2.03. The second kappa shape index (κ2) is 4.13. The molecule has 1 N–H and O–H groups in total. The van der Waals surface area contributed by atoms with Crippen molar-refractivity contribution in [3.63, 3.8) is 0 Å². The lowest BCUT2D eigenvalue weighted by Crippen LogP contribution is -1.81. The van der Waals surface area contributed by atoms with Gasteiger partial charge in [-0.25, -0.2) is 8.60 Å². The second-order valence-corrected chi connectivity index (χ2v) is 2.92. The Kier molecular flexibility index (Phi) is 3.13. The van der Waals surface area contributed by atoms with Gasteiger partial charge >= 0.3 is 0 Å². The SMILES string of the molecule is O=S(O)/C=C/c1ccccc1F. The minimum absolute atomic E-state index is 0.305. The maximum absolute atomic E-state index is 12.8. The van der Waals surface area contributed by atoms with Crippen molar-refractivity contribution >= 4 is 17.2 Å². The molecular formula is C8H7FO2S. The van der Waals surface area contributed by atoms with Gasteiger partial charge in [-0.2, -0.15) is 0 Å². The molecule has 12 heavy (non-hydrogen) atoms. The van der Waals surface area contributed by atoms with E-state index in [4.69, 9.17) is 4.55 Å². The molecule has 1 atom stereocenters. The molecule has 0 bridgehead atoms. The third-order valence-corrected chi connectivity index (χ3v) is 1.64. The van der Waals surface area contributed by atoms with Crippen molar-refractivity contribution < 1.29 is 13.2 Å². The van der Waals surface area contributed by atoms with Crippen LogP contribution in [0.3, 0.4) is 0 Å². The molecule has 1 rings (SSSR count). The maximum atomic E-state index is 12.8. The van der Waals surface area contributed by atoms with Crippen molar-refractivity contribution in [2.45, 2.75) is 0 Å². The van der Waals surface area contributed by atoms with Gasteiger partial charge in [-0.3, -0.25) is 0 Å². The molecule has 0 fully saturated rings. The van der Waals surface area contributed by atoms with E-state index in [1.807, 2.05) is 0 Å². The van der Waals surface area contributed by atoms with Gasteiger partial charge < -0.3 is 4.55 Å². The van der Waals surface area contributed by atoms with Crippen molar-refractivity contribution in [3.8, 4) is 0 Å². The molecule has 0 aliphatic heterocycles. The van der Waals surface area contributed by atoms with Crippen LogP contribution in [-0.4, -0.2) is 8.76 Å². The Morgan fingerprint density at radius 1 is 1.42 bits per heavy atom. The van der Waals surface area contributed by atoms with Crippen LogP contribution in [0.15, 0.2) is 29.7 Å². The van der Waals surface area contributed by atoms with Crippen LogP contribution in [0.2, 0.25) is 0 Å². The van der Waals surface area contributed by atoms with Gasteiger partial charge in [-0.05, 0) is 12.1 Å². The summed E-state index contributed by atoms with van der Waals surface area (Å²) in [6.07, 6.45) is 1.27. The Morgan fingerprint density at radius 2 is 2.08 bits per heavy atom. The lowest BCUT2D eigenvalue weighted by atomic mass is 10.2. The molecule has 0 aliphatic rings. The summed E-state index contributed by atoms with van der Waals surface area (Å²) < 4.78 is 31.4. The lowest BCUT2D eigenvalue weighted by molar-refractivity contribution is 0.574. The second-order valence-electron chi connectivity index (χ2n) is 2.10. The van der Waals surface area contributed by atoms with Crippen LogP contribution in [-0.2, 0) is 11.1 Å². The summed E-state index contributed by atoms with van der Waals surface area (Å²) >= 11 is -2.02. The monoisotopic (exact) mass is 186 g/mol. The lowest BCUT2D eigenvalue weighted by Gasteiger charge is -1.92. The van der Waals surface area contributed by atoms with E-state index < -0.39 is 16.9 Å². The van der Waals surface area contributed by atoms with Gasteiger partial charge in [0.1, 0.15) is 5.82 Å². The number of hydrogen-bond donors (Lipinski definition) is 1. The fraction of sp³-hybridized carbons (Fsp3) is 0. The highest BCUT2D eigenvalue weighted by Crippen LogP contribution is 2.07. The Morgan fingerprint density at radius 3 is 2.67 bits per heavy atom. The van der Waals surface area contributed by atoms with E-state index in [9.17, 15) is 8.60 Å². The van der Waals surface area contributed by atoms with Crippen molar-refractivity contribution in [2.75, 3.05) is 0 Å². The summed E-state index contributed by atoms with van der Waals surface area (Å²) in [5.74, 6) is -0.404. The molecule has 0 spiro atoms. The van der Waals surface area contributed by atoms with Crippen molar-refractivity contribution in [1.82, 2.24) is 0 Å². The summed E-state index contributed by atoms with van der Waals surface area (Å²) in [7, 11) is 0. The zero-order valence-electron chi connectivity index (χ0n) is 6.11. The molecule has 0 radical (unpaired) electrons. The average molecular weight is 186 g/mol. The molecule has 0 aliphatic carbocycles. The Hall–Kier alpha value is -1.00. The Balaban J connectivity index is 2.89. The first-order valence-electron chi connectivity index (χ1n) is 3.22. The fourth-order valence-corrected chi connectivity index (χ4v) is 1.00. The molecule has 1 unspecified atom stereocenters. The van der Waals surface area contributed by atoms with E-state index in [0.717, 1.165) is 5.41 Å². The number of rotatable bonds is 2. The van der Waals surface area contributed by atoms with Crippen LogP contribution in [0.4, 0.5) is 4.39 Å². The first-order valence-corrected chi connectivity index (χ1v) is 4.39. The summed E-state index contributed by atoms with van der Waals surface area (Å²) in [5, 5.41) is 1.01. The Labute approximate surface area is 72.0 Å². The van der Waals surface area contributed by atoms with Crippen LogP contribution in [0.25, 0.3) is 6.08 Å². The van der Waals surface area contributed by atoms with Crippen LogP contribution < -0.4 is 0 Å². The van der Waals surface area contributed by atoms with Gasteiger partial charge in [0.25, 0.3) is 0 Å². The zero-order valence-corrected chi connectivity index (χ0v) is 6.92. The van der Waals surface area contributed by atoms with Crippen LogP contribution in [0.5, 0.6) is 0 Å². The third kappa shape index (κ3) is 2.56. The number of halogens is 1. The molecule has 1 aromatic rings. The van der Waals surface area contributed by atoms with Gasteiger partial charge in [-0.15, -0.1) is 0 Å². The fourth-order valence-electron chi connectivity index (χ4n) is 0.742. The minimum atomic E-state index is -2.02. The predicted octanol–water partition coefficient (Wildman–Crippen LogP) is 2.02. The molecule has 0 aromatic heterocycles. The predicted molar refractivity (Wildman–Crippen MR) is 46.2 cm³/mol. The Bertz CT molecular complexity index is 323. The summed E-state index contributed by atoms with van der Waals surface area (Å²) in [5.41, 5.74) is 0.305. The maximum Gasteiger partial charge on any atom is 0.178 e. The van der Waals surface area contributed by atoms with Crippen molar-refractivity contribution in [3.05, 3.63) is 41.1 Å². The van der Waals surface area contributed by atoms with Gasteiger partial charge in [-0.1, -0.05) is 18.2 Å². The smallest absolute Gasteiger partial charge is 0.178 e. The molecule has 1 aromatic carbocycles. The number of hydrogen-bond acceptors (Lipinski definition) is 1. The summed E-state index contributed by atoms with van der Waals surface area (Å²) in [6, 6.07) is 6.03. The molecule has 2 nitrogen and oxygen atoms in total. The highest BCUT2D eigenvalue weighted by molar-refractivity contribution is 7.82. The first-order chi connectivity index (χ1) is 5.70. The highest BCUT2D eigenvalue weighted by atomic mass is 32.2. The molecule has 4 heteroatoms. The molecule has 0 saturated carbocycles. The summed E-state index contributed by atoms with van der Waals surface area (Å²) in [4.78, 5) is 0. The van der Waals surface area contributed by atoms with E-state index in [-0.39, 0.29) is 0 Å². The van der Waals surface area contributed by atoms with Gasteiger partial charge in [0.05, 0.1) is 0 Å². The van der Waals surface area contributed by atoms with E-state index in [2.05, 4.69) is 0 Å². The minimum Gasteiger partial charge on any atom is -0.303 e. The van der Waals surface area contributed by atoms with E-state index in [1.54, 1.807) is 12.1 Å². The largest absolute Gasteiger partial charge is 0.303 e. The normalized spacial score (nSPS) is 13.5. The topological polar surface area (TPSA) is 37.3 Å². The highest BCUT2D eigenvalue weighted by Gasteiger charge is 1.94. The molecule has 0 amide bonds. The van der Waals surface area contributed by atoms with Crippen LogP contribution in [0.1, 0.15) is 5.56 Å². The molecule has 64 valence electrons. The third-order valence-electron chi connectivity index (χ3n) is 1.27. The zero-order chi connectivity index (χ0) is 8.97. The van der Waals surface area contributed by atoms with E-state index >= 15 is 0 Å². The van der Waals surface area contributed by atoms with E-state index in [0.29, 0.717) is 5.56 Å². The van der Waals surface area contributed by atoms with E-state index in [1.165, 1.54) is 18.2 Å². The number of benzene rings is 1. The molecular weight excluding hydrogens is 179 g/mol. The standard InChI is InChI=1S/C8H7FO2S/c9-8-4-2-1-3-7(8)5-6-12(10)11/h1-6H,(H,10,11)/b6-5+. The van der Waals surface area contributed by atoms with Crippen LogP contribution in [0, 0.1) is 5.82 Å². The van der Waals surface area contributed by atoms with Gasteiger partial charge in [0.15, 0.2) is 11.1 Å².